The number of nitrogens with zero attached hydrogens (tertiary/aromatic N) is 2. The minimum absolute atomic E-state index is 0.0920. The zero-order valence-corrected chi connectivity index (χ0v) is 20.4. The van der Waals surface area contributed by atoms with E-state index in [1.807, 2.05) is 12.3 Å². The first-order valence-electron chi connectivity index (χ1n) is 12.8. The maximum atomic E-state index is 6.36. The number of piperidine rings is 1. The lowest BCUT2D eigenvalue weighted by Gasteiger charge is -2.43. The van der Waals surface area contributed by atoms with Gasteiger partial charge in [-0.25, -0.2) is 0 Å². The third-order valence-electron chi connectivity index (χ3n) is 8.03. The summed E-state index contributed by atoms with van der Waals surface area (Å²) in [6, 6.07) is 39.0. The lowest BCUT2D eigenvalue weighted by Crippen LogP contribution is -2.48. The molecule has 0 spiro atoms. The van der Waals surface area contributed by atoms with Crippen molar-refractivity contribution in [3.8, 4) is 0 Å². The normalized spacial score (nSPS) is 16.1. The van der Waals surface area contributed by atoms with Crippen LogP contribution in [0.1, 0.15) is 41.6 Å². The summed E-state index contributed by atoms with van der Waals surface area (Å²) in [6.45, 7) is 3.84. The summed E-state index contributed by atoms with van der Waals surface area (Å²) in [6.07, 6.45) is 5.09. The second kappa shape index (κ2) is 10.6. The first-order chi connectivity index (χ1) is 17.3. The summed E-state index contributed by atoms with van der Waals surface area (Å²) in [5.41, 5.74) is 11.2. The van der Waals surface area contributed by atoms with Gasteiger partial charge in [-0.2, -0.15) is 0 Å². The van der Waals surface area contributed by atoms with Crippen molar-refractivity contribution in [3.63, 3.8) is 0 Å². The second-order valence-corrected chi connectivity index (χ2v) is 9.79. The molecular formula is C32H35N3. The van der Waals surface area contributed by atoms with Crippen molar-refractivity contribution in [1.82, 2.24) is 9.88 Å². The van der Waals surface area contributed by atoms with E-state index in [1.165, 1.54) is 16.7 Å². The molecule has 35 heavy (non-hydrogen) atoms. The molecule has 2 heterocycles. The van der Waals surface area contributed by atoms with Gasteiger partial charge >= 0.3 is 0 Å². The largest absolute Gasteiger partial charge is 0.330 e. The minimum Gasteiger partial charge on any atom is -0.330 e. The molecule has 1 fully saturated rings. The van der Waals surface area contributed by atoms with Crippen LogP contribution in [0.25, 0.3) is 0 Å². The predicted molar refractivity (Wildman–Crippen MR) is 144 cm³/mol. The molecule has 1 aromatic heterocycles. The molecule has 3 nitrogen and oxygen atoms in total. The molecule has 3 heteroatoms. The van der Waals surface area contributed by atoms with Crippen LogP contribution in [0.5, 0.6) is 0 Å². The third-order valence-corrected chi connectivity index (χ3v) is 8.03. The number of hydrogen-bond donors (Lipinski definition) is 1. The highest BCUT2D eigenvalue weighted by Gasteiger charge is 2.39. The molecular weight excluding hydrogens is 426 g/mol. The van der Waals surface area contributed by atoms with Gasteiger partial charge < -0.3 is 10.6 Å². The van der Waals surface area contributed by atoms with Gasteiger partial charge in [-0.1, -0.05) is 97.1 Å². The van der Waals surface area contributed by atoms with Gasteiger partial charge in [0.2, 0.25) is 0 Å². The molecule has 1 saturated heterocycles. The van der Waals surface area contributed by atoms with Crippen LogP contribution in [0.3, 0.4) is 0 Å². The van der Waals surface area contributed by atoms with E-state index in [-0.39, 0.29) is 10.8 Å². The number of likely N-dealkylation sites (tertiary alicyclic amines) is 1. The first-order valence-corrected chi connectivity index (χ1v) is 12.8. The third kappa shape index (κ3) is 4.67. The van der Waals surface area contributed by atoms with Gasteiger partial charge in [-0.05, 0) is 67.7 Å². The Morgan fingerprint density at radius 1 is 0.714 bits per heavy atom. The average molecular weight is 462 g/mol. The van der Waals surface area contributed by atoms with Crippen molar-refractivity contribution in [2.24, 2.45) is 5.73 Å². The fourth-order valence-corrected chi connectivity index (χ4v) is 5.87. The van der Waals surface area contributed by atoms with Crippen LogP contribution < -0.4 is 5.73 Å². The van der Waals surface area contributed by atoms with Crippen LogP contribution in [0.2, 0.25) is 0 Å². The molecule has 3 aromatic carbocycles. The van der Waals surface area contributed by atoms with E-state index >= 15 is 0 Å². The maximum absolute atomic E-state index is 6.36. The molecule has 0 saturated carbocycles. The van der Waals surface area contributed by atoms with Gasteiger partial charge in [0.1, 0.15) is 0 Å². The van der Waals surface area contributed by atoms with Gasteiger partial charge in [0.15, 0.2) is 0 Å². The molecule has 2 N–H and O–H groups in total. The number of nitrogens with two attached hydrogens (primary N) is 1. The lowest BCUT2D eigenvalue weighted by molar-refractivity contribution is 0.155. The van der Waals surface area contributed by atoms with Gasteiger partial charge in [0, 0.05) is 18.2 Å². The van der Waals surface area contributed by atoms with Crippen LogP contribution in [0.15, 0.2) is 115 Å². The van der Waals surface area contributed by atoms with Gasteiger partial charge in [-0.15, -0.1) is 0 Å². The van der Waals surface area contributed by atoms with Gasteiger partial charge in [0.25, 0.3) is 0 Å². The van der Waals surface area contributed by atoms with Crippen molar-refractivity contribution in [2.75, 3.05) is 26.2 Å². The van der Waals surface area contributed by atoms with E-state index in [1.54, 1.807) is 0 Å². The Balaban J connectivity index is 1.44. The smallest absolute Gasteiger partial charge is 0.0635 e. The van der Waals surface area contributed by atoms with E-state index < -0.39 is 0 Å². The summed E-state index contributed by atoms with van der Waals surface area (Å²) in [4.78, 5) is 7.53. The van der Waals surface area contributed by atoms with E-state index in [0.717, 1.165) is 44.6 Å². The summed E-state index contributed by atoms with van der Waals surface area (Å²) in [5, 5.41) is 0. The fraction of sp³-hybridized carbons (Fsp3) is 0.281. The molecule has 1 aliphatic rings. The molecule has 0 aliphatic carbocycles. The predicted octanol–water partition coefficient (Wildman–Crippen LogP) is 5.80. The zero-order valence-electron chi connectivity index (χ0n) is 20.4. The maximum Gasteiger partial charge on any atom is 0.0635 e. The molecule has 4 aromatic rings. The van der Waals surface area contributed by atoms with Crippen molar-refractivity contribution < 1.29 is 0 Å². The standard InChI is InChI=1S/C32H35N3/c33-26-31(27-12-4-1-5-13-27)19-23-35(24-20-31)25-21-32(28-14-6-2-7-15-28,29-16-8-3-9-17-29)30-18-10-11-22-34-30/h1-18,22H,19-21,23-26,33H2. The summed E-state index contributed by atoms with van der Waals surface area (Å²) in [5.74, 6) is 0. The fourth-order valence-electron chi connectivity index (χ4n) is 5.87. The van der Waals surface area contributed by atoms with Crippen molar-refractivity contribution in [1.29, 1.82) is 0 Å². The number of aromatic nitrogens is 1. The minimum atomic E-state index is -0.300. The van der Waals surface area contributed by atoms with Crippen molar-refractivity contribution in [2.45, 2.75) is 30.1 Å². The summed E-state index contributed by atoms with van der Waals surface area (Å²) in [7, 11) is 0. The van der Waals surface area contributed by atoms with Crippen LogP contribution in [-0.4, -0.2) is 36.1 Å². The molecule has 5 rings (SSSR count). The quantitative estimate of drug-likeness (QED) is 0.361. The number of pyridine rings is 1. The van der Waals surface area contributed by atoms with E-state index in [0.29, 0.717) is 6.54 Å². The van der Waals surface area contributed by atoms with Gasteiger partial charge in [0.05, 0.1) is 11.1 Å². The Morgan fingerprint density at radius 3 is 1.77 bits per heavy atom. The number of hydrogen-bond acceptors (Lipinski definition) is 3. The highest BCUT2D eigenvalue weighted by molar-refractivity contribution is 5.48. The van der Waals surface area contributed by atoms with E-state index in [4.69, 9.17) is 10.7 Å². The Morgan fingerprint density at radius 2 is 1.26 bits per heavy atom. The van der Waals surface area contributed by atoms with Gasteiger partial charge in [-0.3, -0.25) is 4.98 Å². The number of rotatable bonds is 8. The SMILES string of the molecule is NCC1(c2ccccc2)CCN(CCC(c2ccccc2)(c2ccccc2)c2ccccn2)CC1. The summed E-state index contributed by atoms with van der Waals surface area (Å²) < 4.78 is 0. The monoisotopic (exact) mass is 461 g/mol. The molecule has 0 radical (unpaired) electrons. The molecule has 0 bridgehead atoms. The molecule has 178 valence electrons. The number of benzene rings is 3. The molecule has 0 amide bonds. The zero-order chi connectivity index (χ0) is 24.0. The van der Waals surface area contributed by atoms with Crippen LogP contribution in [0, 0.1) is 0 Å². The van der Waals surface area contributed by atoms with Crippen LogP contribution in [0.4, 0.5) is 0 Å². The van der Waals surface area contributed by atoms with E-state index in [9.17, 15) is 0 Å². The Kier molecular flexibility index (Phi) is 7.08. The second-order valence-electron chi connectivity index (χ2n) is 9.79. The first kappa shape index (κ1) is 23.5. The molecule has 0 unspecified atom stereocenters. The van der Waals surface area contributed by atoms with Crippen molar-refractivity contribution >= 4 is 0 Å². The summed E-state index contributed by atoms with van der Waals surface area (Å²) >= 11 is 0. The molecule has 0 atom stereocenters. The lowest BCUT2D eigenvalue weighted by atomic mass is 9.69. The Bertz CT molecular complexity index is 1070. The highest BCUT2D eigenvalue weighted by atomic mass is 15.1. The van der Waals surface area contributed by atoms with Crippen LogP contribution in [-0.2, 0) is 10.8 Å². The van der Waals surface area contributed by atoms with Crippen LogP contribution >= 0.6 is 0 Å². The average Bonchev–Trinajstić information content (AvgIpc) is 2.96. The van der Waals surface area contributed by atoms with Crippen molar-refractivity contribution in [3.05, 3.63) is 138 Å². The highest BCUT2D eigenvalue weighted by Crippen LogP contribution is 2.42. The Labute approximate surface area is 209 Å². The topological polar surface area (TPSA) is 42.1 Å². The van der Waals surface area contributed by atoms with E-state index in [2.05, 4.69) is 108 Å². The Hall–Kier alpha value is -3.27. The molecule has 1 aliphatic heterocycles.